The van der Waals surface area contributed by atoms with Crippen LogP contribution in [-0.2, 0) is 20.9 Å². The van der Waals surface area contributed by atoms with E-state index in [1.807, 2.05) is 48.5 Å². The third-order valence-electron chi connectivity index (χ3n) is 6.53. The molecule has 2 aliphatic rings. The molecule has 0 aromatic heterocycles. The van der Waals surface area contributed by atoms with Crippen molar-refractivity contribution in [1.82, 2.24) is 4.90 Å². The van der Waals surface area contributed by atoms with Gasteiger partial charge in [-0.05, 0) is 47.9 Å². The first-order valence-electron chi connectivity index (χ1n) is 12.5. The summed E-state index contributed by atoms with van der Waals surface area (Å²) in [4.78, 5) is 28.0. The maximum absolute atomic E-state index is 13.3. The van der Waals surface area contributed by atoms with Crippen molar-refractivity contribution in [1.29, 1.82) is 0 Å². The summed E-state index contributed by atoms with van der Waals surface area (Å²) in [6.45, 7) is 1.91. The number of carbonyl (C=O) groups is 2. The molecule has 0 bridgehead atoms. The lowest BCUT2D eigenvalue weighted by Gasteiger charge is -2.26. The number of carbonyl (C=O) groups excluding carboxylic acids is 2. The number of aliphatic hydroxyl groups excluding tert-OH is 1. The van der Waals surface area contributed by atoms with Gasteiger partial charge in [-0.25, -0.2) is 0 Å². The number of hydrogen-bond donors (Lipinski definition) is 1. The van der Waals surface area contributed by atoms with E-state index in [0.717, 1.165) is 5.56 Å². The van der Waals surface area contributed by atoms with Crippen molar-refractivity contribution in [2.24, 2.45) is 0 Å². The molecule has 0 aliphatic carbocycles. The molecule has 3 aromatic carbocycles. The predicted molar refractivity (Wildman–Crippen MR) is 140 cm³/mol. The van der Waals surface area contributed by atoms with Gasteiger partial charge in [0.15, 0.2) is 11.5 Å². The number of aliphatic hydroxyl groups is 1. The maximum Gasteiger partial charge on any atom is 0.295 e. The first-order chi connectivity index (χ1) is 18.6. The summed E-state index contributed by atoms with van der Waals surface area (Å²) in [5.41, 5.74) is 2.06. The predicted octanol–water partition coefficient (Wildman–Crippen LogP) is 4.50. The Morgan fingerprint density at radius 3 is 2.55 bits per heavy atom. The maximum atomic E-state index is 13.3. The smallest absolute Gasteiger partial charge is 0.295 e. The molecule has 0 saturated carbocycles. The van der Waals surface area contributed by atoms with Crippen molar-refractivity contribution in [3.8, 4) is 17.2 Å². The Hall–Kier alpha value is -4.30. The molecule has 196 valence electrons. The highest BCUT2D eigenvalue weighted by atomic mass is 16.6. The van der Waals surface area contributed by atoms with Crippen LogP contribution in [0.4, 0.5) is 0 Å². The number of ketones is 1. The van der Waals surface area contributed by atoms with E-state index in [2.05, 4.69) is 0 Å². The molecule has 0 radical (unpaired) electrons. The van der Waals surface area contributed by atoms with E-state index >= 15 is 0 Å². The van der Waals surface area contributed by atoms with Gasteiger partial charge >= 0.3 is 0 Å². The van der Waals surface area contributed by atoms with Crippen LogP contribution < -0.4 is 14.2 Å². The van der Waals surface area contributed by atoms with Crippen molar-refractivity contribution < 1.29 is 33.6 Å². The quantitative estimate of drug-likeness (QED) is 0.194. The standard InChI is InChI=1S/C30H29NO7/c1-35-14-6-13-31-27(21-9-5-10-23(17-21)38-19-20-7-3-2-4-8-20)26(29(33)30(31)34)28(32)22-11-12-24-25(18-22)37-16-15-36-24/h2-5,7-12,17-18,27,32H,6,13-16,19H2,1H3/b28-26-. The van der Waals surface area contributed by atoms with Gasteiger partial charge in [0.2, 0.25) is 0 Å². The number of amides is 1. The topological polar surface area (TPSA) is 94.5 Å². The number of rotatable bonds is 9. The van der Waals surface area contributed by atoms with Crippen LogP contribution in [0.5, 0.6) is 17.2 Å². The van der Waals surface area contributed by atoms with E-state index in [1.165, 1.54) is 4.90 Å². The minimum atomic E-state index is -0.791. The van der Waals surface area contributed by atoms with Crippen LogP contribution in [-0.4, -0.2) is 55.2 Å². The van der Waals surface area contributed by atoms with E-state index in [4.69, 9.17) is 18.9 Å². The SMILES string of the molecule is COCCCN1C(=O)C(=O)/C(=C(\O)c2ccc3c(c2)OCCO3)C1c1cccc(OCc2ccccc2)c1. The van der Waals surface area contributed by atoms with Crippen molar-refractivity contribution in [3.05, 3.63) is 95.1 Å². The van der Waals surface area contributed by atoms with E-state index < -0.39 is 17.7 Å². The molecule has 2 heterocycles. The first-order valence-corrected chi connectivity index (χ1v) is 12.5. The molecule has 1 saturated heterocycles. The third-order valence-corrected chi connectivity index (χ3v) is 6.53. The Morgan fingerprint density at radius 1 is 0.974 bits per heavy atom. The van der Waals surface area contributed by atoms with Crippen molar-refractivity contribution in [2.75, 3.05) is 33.5 Å². The number of methoxy groups -OCH3 is 1. The highest BCUT2D eigenvalue weighted by molar-refractivity contribution is 6.46. The van der Waals surface area contributed by atoms with Crippen molar-refractivity contribution in [2.45, 2.75) is 19.1 Å². The highest BCUT2D eigenvalue weighted by Gasteiger charge is 2.46. The fraction of sp³-hybridized carbons (Fsp3) is 0.267. The van der Waals surface area contributed by atoms with Gasteiger partial charge in [0.25, 0.3) is 11.7 Å². The summed E-state index contributed by atoms with van der Waals surface area (Å²) in [6, 6.07) is 21.2. The lowest BCUT2D eigenvalue weighted by atomic mass is 9.95. The zero-order chi connectivity index (χ0) is 26.5. The molecule has 0 spiro atoms. The molecular formula is C30H29NO7. The Labute approximate surface area is 221 Å². The second kappa shape index (κ2) is 11.4. The summed E-state index contributed by atoms with van der Waals surface area (Å²) in [5.74, 6) is -0.0466. The van der Waals surface area contributed by atoms with E-state index in [0.29, 0.717) is 61.2 Å². The van der Waals surface area contributed by atoms with Gasteiger partial charge in [0, 0.05) is 25.8 Å². The number of benzene rings is 3. The average molecular weight is 516 g/mol. The number of hydrogen-bond acceptors (Lipinski definition) is 7. The lowest BCUT2D eigenvalue weighted by molar-refractivity contribution is -0.140. The molecular weight excluding hydrogens is 486 g/mol. The number of fused-ring (bicyclic) bond motifs is 1. The number of Topliss-reactive ketones (excluding diaryl/α,β-unsaturated/α-hetero) is 1. The monoisotopic (exact) mass is 515 g/mol. The van der Waals surface area contributed by atoms with Crippen LogP contribution in [0.15, 0.2) is 78.4 Å². The van der Waals surface area contributed by atoms with E-state index in [1.54, 1.807) is 31.4 Å². The van der Waals surface area contributed by atoms with Crippen LogP contribution >= 0.6 is 0 Å². The molecule has 38 heavy (non-hydrogen) atoms. The van der Waals surface area contributed by atoms with Gasteiger partial charge in [-0.3, -0.25) is 9.59 Å². The van der Waals surface area contributed by atoms with Crippen LogP contribution in [0.2, 0.25) is 0 Å². The van der Waals surface area contributed by atoms with E-state index in [9.17, 15) is 14.7 Å². The third kappa shape index (κ3) is 5.21. The number of ether oxygens (including phenoxy) is 4. The van der Waals surface area contributed by atoms with Gasteiger partial charge in [-0.1, -0.05) is 42.5 Å². The van der Waals surface area contributed by atoms with Crippen LogP contribution in [0.3, 0.4) is 0 Å². The average Bonchev–Trinajstić information content (AvgIpc) is 3.21. The van der Waals surface area contributed by atoms with Crippen molar-refractivity contribution in [3.63, 3.8) is 0 Å². The molecule has 1 atom stereocenters. The van der Waals surface area contributed by atoms with Crippen molar-refractivity contribution >= 4 is 17.4 Å². The fourth-order valence-electron chi connectivity index (χ4n) is 4.70. The molecule has 1 fully saturated rings. The molecule has 3 aromatic rings. The Kier molecular flexibility index (Phi) is 7.60. The van der Waals surface area contributed by atoms with Gasteiger partial charge < -0.3 is 29.0 Å². The van der Waals surface area contributed by atoms with Gasteiger partial charge in [-0.2, -0.15) is 0 Å². The second-order valence-corrected chi connectivity index (χ2v) is 9.04. The first kappa shape index (κ1) is 25.4. The van der Waals surface area contributed by atoms with Gasteiger partial charge in [-0.15, -0.1) is 0 Å². The summed E-state index contributed by atoms with van der Waals surface area (Å²) < 4.78 is 22.4. The van der Waals surface area contributed by atoms with Crippen LogP contribution in [0.25, 0.3) is 5.76 Å². The molecule has 8 nitrogen and oxygen atoms in total. The minimum absolute atomic E-state index is 0.0179. The summed E-state index contributed by atoms with van der Waals surface area (Å²) in [7, 11) is 1.58. The second-order valence-electron chi connectivity index (χ2n) is 9.04. The summed E-state index contributed by atoms with van der Waals surface area (Å²) >= 11 is 0. The molecule has 1 amide bonds. The van der Waals surface area contributed by atoms with E-state index in [-0.39, 0.29) is 17.9 Å². The highest BCUT2D eigenvalue weighted by Crippen LogP contribution is 2.41. The molecule has 2 aliphatic heterocycles. The molecule has 8 heteroatoms. The minimum Gasteiger partial charge on any atom is -0.507 e. The van der Waals surface area contributed by atoms with Gasteiger partial charge in [0.05, 0.1) is 11.6 Å². The summed E-state index contributed by atoms with van der Waals surface area (Å²) in [6.07, 6.45) is 0.536. The largest absolute Gasteiger partial charge is 0.507 e. The molecule has 1 unspecified atom stereocenters. The zero-order valence-electron chi connectivity index (χ0n) is 21.1. The Balaban J connectivity index is 1.52. The Bertz CT molecular complexity index is 1350. The lowest BCUT2D eigenvalue weighted by Crippen LogP contribution is -2.31. The Morgan fingerprint density at radius 2 is 1.76 bits per heavy atom. The van der Waals surface area contributed by atoms with Crippen LogP contribution in [0.1, 0.15) is 29.2 Å². The molecule has 1 N–H and O–H groups in total. The van der Waals surface area contributed by atoms with Crippen LogP contribution in [0, 0.1) is 0 Å². The number of likely N-dealkylation sites (tertiary alicyclic amines) is 1. The van der Waals surface area contributed by atoms with Gasteiger partial charge in [0.1, 0.15) is 31.3 Å². The molecule has 5 rings (SSSR count). The fourth-order valence-corrected chi connectivity index (χ4v) is 4.70. The summed E-state index contributed by atoms with van der Waals surface area (Å²) in [5, 5.41) is 11.4. The number of nitrogens with zero attached hydrogens (tertiary/aromatic N) is 1. The zero-order valence-corrected chi connectivity index (χ0v) is 21.1. The normalized spacial score (nSPS) is 18.0.